The van der Waals surface area contributed by atoms with Crippen molar-refractivity contribution < 1.29 is 29.3 Å². The van der Waals surface area contributed by atoms with E-state index in [9.17, 15) is 9.59 Å². The molecule has 7 heteroatoms. The third-order valence-electron chi connectivity index (χ3n) is 2.48. The zero-order chi connectivity index (χ0) is 14.4. The Morgan fingerprint density at radius 2 is 1.84 bits per heavy atom. The van der Waals surface area contributed by atoms with Crippen molar-refractivity contribution in [1.82, 2.24) is 5.32 Å². The Labute approximate surface area is 109 Å². The summed E-state index contributed by atoms with van der Waals surface area (Å²) in [6.45, 7) is 0.0520. The van der Waals surface area contributed by atoms with E-state index in [1.165, 1.54) is 14.2 Å². The molecule has 0 heterocycles. The first-order valence-corrected chi connectivity index (χ1v) is 5.39. The van der Waals surface area contributed by atoms with E-state index in [0.717, 1.165) is 0 Å². The van der Waals surface area contributed by atoms with Gasteiger partial charge in [-0.3, -0.25) is 5.32 Å². The second kappa shape index (κ2) is 6.60. The number of rotatable bonds is 7. The summed E-state index contributed by atoms with van der Waals surface area (Å²) in [7, 11) is 2.97. The fourth-order valence-electron chi connectivity index (χ4n) is 1.49. The molecule has 0 unspecified atom stereocenters. The van der Waals surface area contributed by atoms with E-state index in [0.29, 0.717) is 17.1 Å². The maximum atomic E-state index is 10.7. The molecular weight excluding hydrogens is 254 g/mol. The summed E-state index contributed by atoms with van der Waals surface area (Å²) < 4.78 is 10.2. The van der Waals surface area contributed by atoms with Gasteiger partial charge in [0, 0.05) is 18.2 Å². The topological polar surface area (TPSA) is 105 Å². The highest BCUT2D eigenvalue weighted by molar-refractivity contribution is 5.97. The van der Waals surface area contributed by atoms with E-state index in [1.807, 2.05) is 0 Å². The number of hydrogen-bond acceptors (Lipinski definition) is 5. The van der Waals surface area contributed by atoms with Crippen molar-refractivity contribution in [3.63, 3.8) is 0 Å². The Balaban J connectivity index is 2.82. The van der Waals surface area contributed by atoms with Gasteiger partial charge in [0.25, 0.3) is 0 Å². The van der Waals surface area contributed by atoms with Crippen molar-refractivity contribution in [1.29, 1.82) is 0 Å². The SMILES string of the molecule is COc1ccc(CNC(C(=O)O)C(=O)O)c(OC)c1. The monoisotopic (exact) mass is 269 g/mol. The maximum Gasteiger partial charge on any atom is 0.332 e. The highest BCUT2D eigenvalue weighted by atomic mass is 16.5. The zero-order valence-corrected chi connectivity index (χ0v) is 10.5. The van der Waals surface area contributed by atoms with E-state index in [2.05, 4.69) is 5.32 Å². The Bertz CT molecular complexity index is 459. The van der Waals surface area contributed by atoms with Gasteiger partial charge in [0.2, 0.25) is 6.04 Å². The average molecular weight is 269 g/mol. The average Bonchev–Trinajstić information content (AvgIpc) is 2.38. The molecule has 0 saturated carbocycles. The van der Waals surface area contributed by atoms with Crippen LogP contribution in [0.1, 0.15) is 5.56 Å². The Kier molecular flexibility index (Phi) is 5.13. The fourth-order valence-corrected chi connectivity index (χ4v) is 1.49. The van der Waals surface area contributed by atoms with Gasteiger partial charge in [0.05, 0.1) is 14.2 Å². The normalized spacial score (nSPS) is 10.3. The number of nitrogens with one attached hydrogen (secondary N) is 1. The first-order valence-electron chi connectivity index (χ1n) is 5.39. The van der Waals surface area contributed by atoms with Gasteiger partial charge in [0.15, 0.2) is 0 Å². The number of methoxy groups -OCH3 is 2. The molecule has 3 N–H and O–H groups in total. The zero-order valence-electron chi connectivity index (χ0n) is 10.5. The fraction of sp³-hybridized carbons (Fsp3) is 0.333. The standard InChI is InChI=1S/C12H15NO6/c1-18-8-4-3-7(9(5-8)19-2)6-13-10(11(14)15)12(16)17/h3-5,10,13H,6H2,1-2H3,(H,14,15)(H,16,17). The predicted octanol–water partition coefficient (Wildman–Crippen LogP) is 0.331. The Morgan fingerprint density at radius 3 is 2.32 bits per heavy atom. The number of ether oxygens (including phenoxy) is 2. The number of hydrogen-bond donors (Lipinski definition) is 3. The molecule has 0 aliphatic rings. The van der Waals surface area contributed by atoms with Crippen molar-refractivity contribution in [3.8, 4) is 11.5 Å². The lowest BCUT2D eigenvalue weighted by atomic mass is 10.1. The minimum Gasteiger partial charge on any atom is -0.497 e. The lowest BCUT2D eigenvalue weighted by Gasteiger charge is -2.13. The van der Waals surface area contributed by atoms with Gasteiger partial charge in [-0.2, -0.15) is 0 Å². The van der Waals surface area contributed by atoms with Crippen LogP contribution in [0.3, 0.4) is 0 Å². The third kappa shape index (κ3) is 3.85. The van der Waals surface area contributed by atoms with Crippen LogP contribution in [0.2, 0.25) is 0 Å². The van der Waals surface area contributed by atoms with Gasteiger partial charge in [0.1, 0.15) is 11.5 Å². The molecule has 19 heavy (non-hydrogen) atoms. The van der Waals surface area contributed by atoms with Gasteiger partial charge in [-0.1, -0.05) is 6.07 Å². The van der Waals surface area contributed by atoms with Crippen LogP contribution in [-0.4, -0.2) is 42.4 Å². The van der Waals surface area contributed by atoms with Gasteiger partial charge >= 0.3 is 11.9 Å². The summed E-state index contributed by atoms with van der Waals surface area (Å²) in [5.41, 5.74) is 0.635. The molecule has 1 rings (SSSR count). The summed E-state index contributed by atoms with van der Waals surface area (Å²) in [6.07, 6.45) is 0. The number of carbonyl (C=O) groups is 2. The van der Waals surface area contributed by atoms with Crippen LogP contribution < -0.4 is 14.8 Å². The van der Waals surface area contributed by atoms with Crippen LogP contribution in [0.15, 0.2) is 18.2 Å². The predicted molar refractivity (Wildman–Crippen MR) is 65.4 cm³/mol. The van der Waals surface area contributed by atoms with E-state index in [-0.39, 0.29) is 6.54 Å². The molecule has 0 spiro atoms. The third-order valence-corrected chi connectivity index (χ3v) is 2.48. The highest BCUT2D eigenvalue weighted by Crippen LogP contribution is 2.24. The molecule has 0 radical (unpaired) electrons. The van der Waals surface area contributed by atoms with Crippen LogP contribution in [0.4, 0.5) is 0 Å². The largest absolute Gasteiger partial charge is 0.497 e. The lowest BCUT2D eigenvalue weighted by Crippen LogP contribution is -2.42. The molecule has 0 aromatic heterocycles. The molecule has 0 bridgehead atoms. The van der Waals surface area contributed by atoms with Crippen molar-refractivity contribution >= 4 is 11.9 Å². The van der Waals surface area contributed by atoms with Gasteiger partial charge in [-0.15, -0.1) is 0 Å². The number of carboxylic acids is 2. The van der Waals surface area contributed by atoms with Crippen LogP contribution in [0, 0.1) is 0 Å². The van der Waals surface area contributed by atoms with E-state index in [1.54, 1.807) is 18.2 Å². The summed E-state index contributed by atoms with van der Waals surface area (Å²) in [6, 6.07) is 3.32. The molecule has 0 atom stereocenters. The minimum absolute atomic E-state index is 0.0520. The van der Waals surface area contributed by atoms with Gasteiger partial charge in [-0.25, -0.2) is 9.59 Å². The molecule has 0 fully saturated rings. The first-order chi connectivity index (χ1) is 8.99. The number of aliphatic carboxylic acids is 2. The van der Waals surface area contributed by atoms with Crippen molar-refractivity contribution in [3.05, 3.63) is 23.8 Å². The molecule has 0 saturated heterocycles. The quantitative estimate of drug-likeness (QED) is 0.612. The van der Waals surface area contributed by atoms with Crippen molar-refractivity contribution in [2.45, 2.75) is 12.6 Å². The van der Waals surface area contributed by atoms with Gasteiger partial charge < -0.3 is 19.7 Å². The summed E-state index contributed by atoms with van der Waals surface area (Å²) in [5, 5.41) is 19.9. The Hall–Kier alpha value is -2.28. The van der Waals surface area contributed by atoms with E-state index in [4.69, 9.17) is 19.7 Å². The second-order valence-corrected chi connectivity index (χ2v) is 3.67. The summed E-state index contributed by atoms with van der Waals surface area (Å²) in [5.74, 6) is -1.81. The van der Waals surface area contributed by atoms with Gasteiger partial charge in [-0.05, 0) is 6.07 Å². The van der Waals surface area contributed by atoms with Crippen LogP contribution in [0.5, 0.6) is 11.5 Å². The van der Waals surface area contributed by atoms with Crippen LogP contribution >= 0.6 is 0 Å². The number of benzene rings is 1. The van der Waals surface area contributed by atoms with E-state index >= 15 is 0 Å². The first kappa shape index (κ1) is 14.8. The second-order valence-electron chi connectivity index (χ2n) is 3.67. The van der Waals surface area contributed by atoms with Crippen molar-refractivity contribution in [2.24, 2.45) is 0 Å². The lowest BCUT2D eigenvalue weighted by molar-refractivity contribution is -0.151. The molecule has 1 aromatic rings. The van der Waals surface area contributed by atoms with Crippen LogP contribution in [-0.2, 0) is 16.1 Å². The molecule has 0 amide bonds. The highest BCUT2D eigenvalue weighted by Gasteiger charge is 2.25. The molecule has 0 aliphatic heterocycles. The summed E-state index contributed by atoms with van der Waals surface area (Å²) in [4.78, 5) is 21.4. The molecule has 104 valence electrons. The smallest absolute Gasteiger partial charge is 0.332 e. The Morgan fingerprint density at radius 1 is 1.21 bits per heavy atom. The maximum absolute atomic E-state index is 10.7. The van der Waals surface area contributed by atoms with E-state index < -0.39 is 18.0 Å². The molecular formula is C12H15NO6. The van der Waals surface area contributed by atoms with Crippen LogP contribution in [0.25, 0.3) is 0 Å². The summed E-state index contributed by atoms with van der Waals surface area (Å²) >= 11 is 0. The minimum atomic E-state index is -1.66. The molecule has 1 aromatic carbocycles. The molecule has 7 nitrogen and oxygen atoms in total. The molecule has 0 aliphatic carbocycles. The van der Waals surface area contributed by atoms with Crippen molar-refractivity contribution in [2.75, 3.05) is 14.2 Å². The number of carboxylic acid groups (broad SMARTS) is 2.